The molecule has 1 saturated heterocycles. The molecule has 4 heteroatoms. The van der Waals surface area contributed by atoms with Gasteiger partial charge in [0.05, 0.1) is 8.07 Å². The van der Waals surface area contributed by atoms with E-state index in [0.717, 1.165) is 5.02 Å². The molecule has 1 aliphatic rings. The number of benzene rings is 1. The fourth-order valence-corrected chi connectivity index (χ4v) is 6.41. The third-order valence-electron chi connectivity index (χ3n) is 4.04. The van der Waals surface area contributed by atoms with Crippen LogP contribution in [0, 0.1) is 6.92 Å². The van der Waals surface area contributed by atoms with Crippen molar-refractivity contribution in [3.63, 3.8) is 0 Å². The lowest BCUT2D eigenvalue weighted by molar-refractivity contribution is 0.258. The van der Waals surface area contributed by atoms with Gasteiger partial charge in [-0.2, -0.15) is 0 Å². The molecule has 114 valence electrons. The van der Waals surface area contributed by atoms with Crippen LogP contribution >= 0.6 is 24.0 Å². The van der Waals surface area contributed by atoms with Crippen molar-refractivity contribution in [3.8, 4) is 0 Å². The summed E-state index contributed by atoms with van der Waals surface area (Å²) in [6, 6.07) is 7.65. The first-order valence-electron chi connectivity index (χ1n) is 7.44. The number of likely N-dealkylation sites (tertiary alicyclic amines) is 1. The number of hydrogen-bond acceptors (Lipinski definition) is 1. The van der Waals surface area contributed by atoms with Gasteiger partial charge in [-0.25, -0.2) is 0 Å². The molecule has 0 bridgehead atoms. The third-order valence-corrected chi connectivity index (χ3v) is 7.22. The molecule has 1 aromatic carbocycles. The van der Waals surface area contributed by atoms with E-state index in [0.29, 0.717) is 0 Å². The van der Waals surface area contributed by atoms with Crippen LogP contribution in [0.2, 0.25) is 18.1 Å². The second-order valence-electron chi connectivity index (χ2n) is 6.73. The summed E-state index contributed by atoms with van der Waals surface area (Å²) in [6.07, 6.45) is 5.50. The molecule has 1 nitrogen and oxygen atoms in total. The van der Waals surface area contributed by atoms with Crippen LogP contribution in [0.15, 0.2) is 18.2 Å². The molecule has 1 fully saturated rings. The van der Waals surface area contributed by atoms with Gasteiger partial charge in [0.25, 0.3) is 0 Å². The van der Waals surface area contributed by atoms with Crippen LogP contribution in [-0.4, -0.2) is 32.2 Å². The highest BCUT2D eigenvalue weighted by molar-refractivity contribution is 6.77. The Morgan fingerprint density at radius 3 is 2.45 bits per heavy atom. The molecule has 0 saturated carbocycles. The van der Waals surface area contributed by atoms with Gasteiger partial charge in [0, 0.05) is 5.02 Å². The van der Waals surface area contributed by atoms with Gasteiger partial charge in [0.2, 0.25) is 0 Å². The van der Waals surface area contributed by atoms with E-state index in [4.69, 9.17) is 11.6 Å². The van der Waals surface area contributed by atoms with E-state index in [2.05, 4.69) is 43.1 Å². The van der Waals surface area contributed by atoms with E-state index >= 15 is 0 Å². The van der Waals surface area contributed by atoms with Crippen LogP contribution in [0.4, 0.5) is 0 Å². The molecule has 0 aliphatic carbocycles. The molecule has 0 aromatic heterocycles. The Kier molecular flexibility index (Phi) is 7.06. The summed E-state index contributed by atoms with van der Waals surface area (Å²) in [7, 11) is -1.24. The van der Waals surface area contributed by atoms with E-state index in [1.165, 1.54) is 55.7 Å². The second kappa shape index (κ2) is 7.84. The van der Waals surface area contributed by atoms with Crippen molar-refractivity contribution in [1.29, 1.82) is 0 Å². The largest absolute Gasteiger partial charge is 0.306 e. The van der Waals surface area contributed by atoms with Crippen LogP contribution in [-0.2, 0) is 6.04 Å². The first-order chi connectivity index (χ1) is 8.98. The highest BCUT2D eigenvalue weighted by Crippen LogP contribution is 2.25. The Labute approximate surface area is 136 Å². The van der Waals surface area contributed by atoms with Gasteiger partial charge in [0.15, 0.2) is 0 Å². The first kappa shape index (κ1) is 18.0. The number of nitrogens with zero attached hydrogens (tertiary/aromatic N) is 1. The van der Waals surface area contributed by atoms with Gasteiger partial charge < -0.3 is 4.90 Å². The van der Waals surface area contributed by atoms with Gasteiger partial charge >= 0.3 is 0 Å². The van der Waals surface area contributed by atoms with Crippen molar-refractivity contribution in [3.05, 3.63) is 34.3 Å². The number of aryl methyl sites for hydroxylation is 1. The summed E-state index contributed by atoms with van der Waals surface area (Å²) in [6.45, 7) is 9.71. The van der Waals surface area contributed by atoms with E-state index < -0.39 is 8.07 Å². The van der Waals surface area contributed by atoms with Crippen molar-refractivity contribution in [2.75, 3.05) is 19.3 Å². The molecule has 20 heavy (non-hydrogen) atoms. The van der Waals surface area contributed by atoms with Crippen molar-refractivity contribution >= 4 is 32.1 Å². The fourth-order valence-electron chi connectivity index (χ4n) is 3.14. The quantitative estimate of drug-likeness (QED) is 0.710. The van der Waals surface area contributed by atoms with Gasteiger partial charge in [-0.3, -0.25) is 0 Å². The van der Waals surface area contributed by atoms with Crippen LogP contribution in [0.5, 0.6) is 0 Å². The molecule has 0 atom stereocenters. The molecule has 1 heterocycles. The predicted octanol–water partition coefficient (Wildman–Crippen LogP) is 4.89. The number of rotatable bonds is 4. The van der Waals surface area contributed by atoms with Crippen LogP contribution in [0.25, 0.3) is 0 Å². The zero-order chi connectivity index (χ0) is 13.9. The lowest BCUT2D eigenvalue weighted by Gasteiger charge is -2.34. The standard InChI is InChI=1S/C16H26ClNSi.ClH/c1-14-8-7-9-15(16(14)17)12-19(2,3)13-18-10-5-4-6-11-18;/h7-9H,4-6,10-13H2,1-3H3;1H. The lowest BCUT2D eigenvalue weighted by Crippen LogP contribution is -2.46. The molecule has 0 radical (unpaired) electrons. The number of piperidine rings is 1. The Hall–Kier alpha value is -0.0231. The molecule has 0 unspecified atom stereocenters. The average molecular weight is 332 g/mol. The average Bonchev–Trinajstić information content (AvgIpc) is 2.35. The molecule has 2 rings (SSSR count). The van der Waals surface area contributed by atoms with Crippen LogP contribution < -0.4 is 0 Å². The Morgan fingerprint density at radius 1 is 1.15 bits per heavy atom. The maximum Gasteiger partial charge on any atom is 0.0673 e. The van der Waals surface area contributed by atoms with Crippen LogP contribution in [0.1, 0.15) is 30.4 Å². The summed E-state index contributed by atoms with van der Waals surface area (Å²) in [4.78, 5) is 2.68. The minimum Gasteiger partial charge on any atom is -0.306 e. The minimum atomic E-state index is -1.24. The summed E-state index contributed by atoms with van der Waals surface area (Å²) in [5.74, 6) is 0. The molecule has 0 N–H and O–H groups in total. The Bertz CT molecular complexity index is 428. The zero-order valence-corrected chi connectivity index (χ0v) is 15.5. The zero-order valence-electron chi connectivity index (χ0n) is 12.9. The van der Waals surface area contributed by atoms with Crippen molar-refractivity contribution in [2.45, 2.75) is 45.3 Å². The highest BCUT2D eigenvalue weighted by Gasteiger charge is 2.26. The first-order valence-corrected chi connectivity index (χ1v) is 11.2. The SMILES string of the molecule is Cc1cccc(C[Si](C)(C)CN2CCCCC2)c1Cl.Cl. The fraction of sp³-hybridized carbons (Fsp3) is 0.625. The van der Waals surface area contributed by atoms with Gasteiger partial charge in [0.1, 0.15) is 0 Å². The monoisotopic (exact) mass is 331 g/mol. The summed E-state index contributed by atoms with van der Waals surface area (Å²) in [5.41, 5.74) is 2.57. The van der Waals surface area contributed by atoms with Gasteiger partial charge in [-0.1, -0.05) is 49.3 Å². The smallest absolute Gasteiger partial charge is 0.0673 e. The normalized spacial score (nSPS) is 16.8. The predicted molar refractivity (Wildman–Crippen MR) is 94.9 cm³/mol. The van der Waals surface area contributed by atoms with Gasteiger partial charge in [-0.15, -0.1) is 12.4 Å². The van der Waals surface area contributed by atoms with Crippen molar-refractivity contribution in [2.24, 2.45) is 0 Å². The molecule has 0 spiro atoms. The molecule has 1 aliphatic heterocycles. The number of hydrogen-bond donors (Lipinski definition) is 0. The Morgan fingerprint density at radius 2 is 1.80 bits per heavy atom. The van der Waals surface area contributed by atoms with Crippen molar-refractivity contribution in [1.82, 2.24) is 4.90 Å². The second-order valence-corrected chi connectivity index (χ2v) is 12.1. The summed E-state index contributed by atoms with van der Waals surface area (Å²) in [5, 5.41) is 0.988. The van der Waals surface area contributed by atoms with Crippen LogP contribution in [0.3, 0.4) is 0 Å². The van der Waals surface area contributed by atoms with Crippen molar-refractivity contribution < 1.29 is 0 Å². The number of halogens is 2. The van der Waals surface area contributed by atoms with E-state index in [-0.39, 0.29) is 12.4 Å². The summed E-state index contributed by atoms with van der Waals surface area (Å²) < 4.78 is 0. The van der Waals surface area contributed by atoms with E-state index in [1.54, 1.807) is 0 Å². The van der Waals surface area contributed by atoms with Gasteiger partial charge in [-0.05, 0) is 56.2 Å². The van der Waals surface area contributed by atoms with E-state index in [9.17, 15) is 0 Å². The lowest BCUT2D eigenvalue weighted by atomic mass is 10.1. The Balaban J connectivity index is 0.00000200. The molecular weight excluding hydrogens is 305 g/mol. The molecule has 1 aromatic rings. The van der Waals surface area contributed by atoms with E-state index in [1.807, 2.05) is 0 Å². The maximum atomic E-state index is 6.45. The summed E-state index contributed by atoms with van der Waals surface area (Å²) >= 11 is 6.45. The molecule has 0 amide bonds. The maximum absolute atomic E-state index is 6.45. The minimum absolute atomic E-state index is 0. The topological polar surface area (TPSA) is 3.24 Å². The highest BCUT2D eigenvalue weighted by atomic mass is 35.5. The molecular formula is C16H27Cl2NSi. The third kappa shape index (κ3) is 5.07.